The molecule has 45 heavy (non-hydrogen) atoms. The fourth-order valence-corrected chi connectivity index (χ4v) is 5.29. The first-order valence-corrected chi connectivity index (χ1v) is 14.5. The second-order valence-corrected chi connectivity index (χ2v) is 11.1. The molecule has 13 heteroatoms. The number of thiocarbonyl (C=S) groups is 1. The van der Waals surface area contributed by atoms with E-state index in [0.29, 0.717) is 32.6 Å². The summed E-state index contributed by atoms with van der Waals surface area (Å²) >= 11 is 17.2. The average molecular weight is 674 g/mol. The molecule has 0 aliphatic carbocycles. The Bertz CT molecular complexity index is 1830. The highest BCUT2D eigenvalue weighted by Crippen LogP contribution is 2.33. The quantitative estimate of drug-likeness (QED) is 0.175. The van der Waals surface area contributed by atoms with Gasteiger partial charge in [0, 0.05) is 32.3 Å². The van der Waals surface area contributed by atoms with Gasteiger partial charge in [-0.15, -0.1) is 0 Å². The van der Waals surface area contributed by atoms with Gasteiger partial charge in [-0.1, -0.05) is 77.9 Å². The van der Waals surface area contributed by atoms with Crippen LogP contribution in [0.15, 0.2) is 101 Å². The SMILES string of the molecule is Fc1ccccc1C1=NCC(=S)N(CC(F)(F)F)c2ccc(Cl)cc21.O=C1Nc2ccc(Cl)cc2C(c2ccccc2)=NC1O. The average Bonchev–Trinajstić information content (AvgIpc) is 3.21. The van der Waals surface area contributed by atoms with Crippen LogP contribution in [0.25, 0.3) is 0 Å². The van der Waals surface area contributed by atoms with Crippen LogP contribution in [0.2, 0.25) is 10.0 Å². The van der Waals surface area contributed by atoms with Crippen molar-refractivity contribution < 1.29 is 27.5 Å². The first kappa shape index (κ1) is 32.2. The molecule has 0 spiro atoms. The van der Waals surface area contributed by atoms with E-state index >= 15 is 0 Å². The Morgan fingerprint density at radius 2 is 1.53 bits per heavy atom. The molecule has 0 saturated heterocycles. The minimum Gasteiger partial charge on any atom is -0.364 e. The van der Waals surface area contributed by atoms with Crippen LogP contribution < -0.4 is 10.2 Å². The summed E-state index contributed by atoms with van der Waals surface area (Å²) in [6, 6.07) is 24.8. The summed E-state index contributed by atoms with van der Waals surface area (Å²) in [5, 5.41) is 13.3. The van der Waals surface area contributed by atoms with E-state index < -0.39 is 30.7 Å². The van der Waals surface area contributed by atoms with E-state index in [4.69, 9.17) is 35.4 Å². The van der Waals surface area contributed by atoms with Gasteiger partial charge in [-0.25, -0.2) is 9.38 Å². The summed E-state index contributed by atoms with van der Waals surface area (Å²) in [4.78, 5) is 21.1. The highest BCUT2D eigenvalue weighted by atomic mass is 35.5. The summed E-state index contributed by atoms with van der Waals surface area (Å²) in [6.45, 7) is -1.40. The molecule has 2 aliphatic rings. The second kappa shape index (κ2) is 13.5. The van der Waals surface area contributed by atoms with Crippen molar-refractivity contribution in [3.05, 3.63) is 129 Å². The molecule has 1 amide bonds. The maximum absolute atomic E-state index is 14.2. The lowest BCUT2D eigenvalue weighted by Crippen LogP contribution is -2.39. The van der Waals surface area contributed by atoms with Crippen molar-refractivity contribution in [1.29, 1.82) is 0 Å². The monoisotopic (exact) mass is 672 g/mol. The van der Waals surface area contributed by atoms with Gasteiger partial charge in [-0.2, -0.15) is 13.2 Å². The zero-order chi connectivity index (χ0) is 32.3. The molecule has 6 rings (SSSR count). The van der Waals surface area contributed by atoms with E-state index in [9.17, 15) is 27.5 Å². The number of rotatable bonds is 3. The Balaban J connectivity index is 0.000000182. The Labute approximate surface area is 270 Å². The Kier molecular flexibility index (Phi) is 9.64. The zero-order valence-corrected chi connectivity index (χ0v) is 25.4. The number of carbonyl (C=O) groups is 1. The Morgan fingerprint density at radius 3 is 2.22 bits per heavy atom. The molecule has 1 unspecified atom stereocenters. The van der Waals surface area contributed by atoms with Crippen LogP contribution in [0, 0.1) is 5.82 Å². The lowest BCUT2D eigenvalue weighted by Gasteiger charge is -2.26. The number of aliphatic imine (C=N–C) groups is 2. The van der Waals surface area contributed by atoms with Crippen molar-refractivity contribution in [2.45, 2.75) is 12.4 Å². The van der Waals surface area contributed by atoms with Crippen molar-refractivity contribution in [3.63, 3.8) is 0 Å². The predicted molar refractivity (Wildman–Crippen MR) is 173 cm³/mol. The number of aliphatic hydroxyl groups is 1. The third kappa shape index (κ3) is 7.56. The van der Waals surface area contributed by atoms with Crippen LogP contribution in [-0.2, 0) is 4.79 Å². The van der Waals surface area contributed by atoms with Crippen LogP contribution in [0.4, 0.5) is 28.9 Å². The van der Waals surface area contributed by atoms with Gasteiger partial charge in [0.2, 0.25) is 6.23 Å². The van der Waals surface area contributed by atoms with E-state index in [1.807, 2.05) is 30.3 Å². The Hall–Kier alpha value is -4.16. The van der Waals surface area contributed by atoms with Gasteiger partial charge in [0.25, 0.3) is 5.91 Å². The van der Waals surface area contributed by atoms with Crippen molar-refractivity contribution in [2.75, 3.05) is 23.3 Å². The number of benzene rings is 4. The van der Waals surface area contributed by atoms with Crippen molar-refractivity contribution in [3.8, 4) is 0 Å². The Morgan fingerprint density at radius 1 is 0.889 bits per heavy atom. The number of benzodiazepines with no additional fused rings is 2. The predicted octanol–water partition coefficient (Wildman–Crippen LogP) is 7.47. The van der Waals surface area contributed by atoms with E-state index in [1.165, 1.54) is 36.4 Å². The molecule has 2 N–H and O–H groups in total. The molecule has 4 aromatic carbocycles. The standard InChI is InChI=1S/C17H11ClF4N2S.C15H11ClN2O2/c18-10-5-6-14-12(7-10)16(11-3-1-2-4-13(11)19)23-8-15(25)24(14)9-17(20,21)22;16-10-6-7-12-11(8-10)13(9-4-2-1-3-5-9)18-15(20)14(19)17-12/h1-7H,8-9H2;1-8,15,20H,(H,17,19). The maximum Gasteiger partial charge on any atom is 0.406 e. The fraction of sp³-hybridized carbons (Fsp3) is 0.125. The van der Waals surface area contributed by atoms with Crippen molar-refractivity contribution in [2.24, 2.45) is 9.98 Å². The fourth-order valence-electron chi connectivity index (χ4n) is 4.72. The molecule has 2 aliphatic heterocycles. The number of nitrogens with one attached hydrogen (secondary N) is 1. The van der Waals surface area contributed by atoms with Gasteiger partial charge in [0.15, 0.2) is 0 Å². The molecular formula is C32H22Cl2F4N4O2S. The topological polar surface area (TPSA) is 77.3 Å². The normalized spacial score (nSPS) is 16.2. The number of halogens is 6. The van der Waals surface area contributed by atoms with Gasteiger partial charge in [-0.05, 0) is 48.5 Å². The van der Waals surface area contributed by atoms with Gasteiger partial charge < -0.3 is 15.3 Å². The van der Waals surface area contributed by atoms with E-state index in [2.05, 4.69) is 15.3 Å². The molecule has 1 atom stereocenters. The third-order valence-electron chi connectivity index (χ3n) is 6.67. The number of alkyl halides is 3. The van der Waals surface area contributed by atoms with Crippen LogP contribution in [0.5, 0.6) is 0 Å². The summed E-state index contributed by atoms with van der Waals surface area (Å²) in [7, 11) is 0. The number of hydrogen-bond acceptors (Lipinski definition) is 5. The van der Waals surface area contributed by atoms with Gasteiger partial charge >= 0.3 is 6.18 Å². The molecule has 6 nitrogen and oxygen atoms in total. The summed E-state index contributed by atoms with van der Waals surface area (Å²) in [6.07, 6.45) is -5.89. The number of aliphatic hydroxyl groups excluding tert-OH is 1. The molecule has 4 aromatic rings. The lowest BCUT2D eigenvalue weighted by atomic mass is 9.99. The van der Waals surface area contributed by atoms with E-state index in [-0.39, 0.29) is 28.5 Å². The smallest absolute Gasteiger partial charge is 0.364 e. The molecular weight excluding hydrogens is 651 g/mol. The molecule has 0 saturated carbocycles. The molecule has 0 radical (unpaired) electrons. The van der Waals surface area contributed by atoms with Gasteiger partial charge in [0.05, 0.1) is 29.3 Å². The number of amides is 1. The van der Waals surface area contributed by atoms with Crippen molar-refractivity contribution in [1.82, 2.24) is 0 Å². The maximum atomic E-state index is 14.2. The van der Waals surface area contributed by atoms with Crippen LogP contribution in [0.3, 0.4) is 0 Å². The first-order chi connectivity index (χ1) is 21.4. The first-order valence-electron chi connectivity index (χ1n) is 13.3. The molecule has 230 valence electrons. The summed E-state index contributed by atoms with van der Waals surface area (Å²) < 4.78 is 53.2. The van der Waals surface area contributed by atoms with E-state index in [0.717, 1.165) is 10.5 Å². The largest absolute Gasteiger partial charge is 0.406 e. The molecule has 0 bridgehead atoms. The third-order valence-corrected chi connectivity index (χ3v) is 7.49. The second-order valence-electron chi connectivity index (χ2n) is 9.80. The van der Waals surface area contributed by atoms with Gasteiger partial charge in [-0.3, -0.25) is 9.79 Å². The number of fused-ring (bicyclic) bond motifs is 2. The number of hydrogen-bond donors (Lipinski definition) is 2. The highest BCUT2D eigenvalue weighted by molar-refractivity contribution is 7.80. The van der Waals surface area contributed by atoms with Gasteiger partial charge in [0.1, 0.15) is 17.4 Å². The summed E-state index contributed by atoms with van der Waals surface area (Å²) in [5.74, 6) is -1.08. The number of anilines is 2. The zero-order valence-electron chi connectivity index (χ0n) is 23.0. The summed E-state index contributed by atoms with van der Waals surface area (Å²) in [5.41, 5.74) is 3.53. The lowest BCUT2D eigenvalue weighted by molar-refractivity contribution is -0.123. The van der Waals surface area contributed by atoms with Crippen LogP contribution >= 0.6 is 35.4 Å². The number of carbonyl (C=O) groups excluding carboxylic acids is 1. The highest BCUT2D eigenvalue weighted by Gasteiger charge is 2.35. The molecule has 0 fully saturated rings. The van der Waals surface area contributed by atoms with Crippen molar-refractivity contribution >= 4 is 69.1 Å². The molecule has 0 aromatic heterocycles. The van der Waals surface area contributed by atoms with E-state index in [1.54, 1.807) is 24.3 Å². The minimum absolute atomic E-state index is 0.00670. The minimum atomic E-state index is -4.45. The molecule has 2 heterocycles. The number of nitrogens with zero attached hydrogens (tertiary/aromatic N) is 3. The van der Waals surface area contributed by atoms with Crippen LogP contribution in [0.1, 0.15) is 22.3 Å². The van der Waals surface area contributed by atoms with Crippen LogP contribution in [-0.4, -0.2) is 52.9 Å².